The summed E-state index contributed by atoms with van der Waals surface area (Å²) in [4.78, 5) is 45.1. The molecule has 208 valence electrons. The highest BCUT2D eigenvalue weighted by Crippen LogP contribution is 2.16. The van der Waals surface area contributed by atoms with E-state index in [1.54, 1.807) is 0 Å². The van der Waals surface area contributed by atoms with Crippen LogP contribution in [-0.4, -0.2) is 74.9 Å². The van der Waals surface area contributed by atoms with Gasteiger partial charge in [-0.1, -0.05) is 12.1 Å². The maximum Gasteiger partial charge on any atom is 0.336 e. The van der Waals surface area contributed by atoms with Crippen molar-refractivity contribution in [2.75, 3.05) is 6.54 Å². The lowest BCUT2D eigenvalue weighted by Crippen LogP contribution is -2.42. The van der Waals surface area contributed by atoms with Crippen LogP contribution in [0.1, 0.15) is 36.6 Å². The molecule has 0 bridgehead atoms. The minimum absolute atomic E-state index is 0.762. The third-order valence-electron chi connectivity index (χ3n) is 5.72. The van der Waals surface area contributed by atoms with Crippen molar-refractivity contribution in [3.63, 3.8) is 0 Å². The number of fused-ring (bicyclic) bond motifs is 1. The van der Waals surface area contributed by atoms with Gasteiger partial charge >= 0.3 is 17.9 Å². The quantitative estimate of drug-likeness (QED) is 0.167. The molecule has 0 fully saturated rings. The Morgan fingerprint density at radius 1 is 1.05 bits per heavy atom. The zero-order chi connectivity index (χ0) is 28.4. The van der Waals surface area contributed by atoms with Crippen LogP contribution in [0.5, 0.6) is 0 Å². The van der Waals surface area contributed by atoms with E-state index < -0.39 is 36.4 Å². The van der Waals surface area contributed by atoms with Crippen molar-refractivity contribution in [1.82, 2.24) is 24.4 Å². The first-order valence-corrected chi connectivity index (χ1v) is 12.1. The highest BCUT2D eigenvalue weighted by atomic mass is 16.4. The van der Waals surface area contributed by atoms with E-state index in [-0.39, 0.29) is 0 Å². The van der Waals surface area contributed by atoms with Crippen molar-refractivity contribution in [1.29, 1.82) is 0 Å². The first kappa shape index (κ1) is 29.1. The van der Waals surface area contributed by atoms with Gasteiger partial charge in [0.15, 0.2) is 5.60 Å². The van der Waals surface area contributed by atoms with Crippen LogP contribution in [0.25, 0.3) is 11.0 Å². The minimum atomic E-state index is -2.74. The van der Waals surface area contributed by atoms with Crippen LogP contribution in [-0.2, 0) is 34.0 Å². The molecule has 5 N–H and O–H groups in total. The van der Waals surface area contributed by atoms with E-state index in [9.17, 15) is 14.4 Å². The summed E-state index contributed by atoms with van der Waals surface area (Å²) >= 11 is 0. The summed E-state index contributed by atoms with van der Waals surface area (Å²) in [6.07, 6.45) is 4.43. The number of carbonyl (C=O) groups is 3. The molecule has 0 aliphatic carbocycles. The minimum Gasteiger partial charge on any atom is -0.481 e. The lowest BCUT2D eigenvalue weighted by Gasteiger charge is -2.20. The van der Waals surface area contributed by atoms with Crippen molar-refractivity contribution in [2.24, 2.45) is 0 Å². The van der Waals surface area contributed by atoms with E-state index >= 15 is 0 Å². The summed E-state index contributed by atoms with van der Waals surface area (Å²) in [6, 6.07) is 12.2. The second-order valence-electron chi connectivity index (χ2n) is 9.06. The largest absolute Gasteiger partial charge is 0.481 e. The number of para-hydroxylation sites is 2. The summed E-state index contributed by atoms with van der Waals surface area (Å²) in [5.74, 6) is -2.10. The van der Waals surface area contributed by atoms with Gasteiger partial charge in [0, 0.05) is 25.5 Å². The van der Waals surface area contributed by atoms with Gasteiger partial charge in [-0.05, 0) is 37.6 Å². The summed E-state index contributed by atoms with van der Waals surface area (Å²) < 4.78 is 7.88. The van der Waals surface area contributed by atoms with E-state index in [0.29, 0.717) is 0 Å². The number of aliphatic hydroxyl groups is 1. The molecule has 0 amide bonds. The molecule has 13 nitrogen and oxygen atoms in total. The van der Waals surface area contributed by atoms with Gasteiger partial charge < -0.3 is 34.4 Å². The standard InChI is InChI=1S/C20H23N5O.C6H8O7/c1-16-7-8-17(26-16)13-25(11-4-10-24-12-9-21-15-24)14-20-22-18-5-2-3-6-19(18)23-20;7-3(8)1-6(13,5(11)12)2-4(9)10/h2-3,5-9,12,15H,4,10-11,13-14H2,1H3,(H,22,23);13H,1-2H2,(H,7,8)(H,9,10)(H,11,12). The van der Waals surface area contributed by atoms with E-state index in [1.165, 1.54) is 0 Å². The second kappa shape index (κ2) is 13.3. The van der Waals surface area contributed by atoms with Crippen LogP contribution in [0.2, 0.25) is 0 Å². The third kappa shape index (κ3) is 9.09. The number of carboxylic acid groups (broad SMARTS) is 3. The molecule has 0 radical (unpaired) electrons. The molecular weight excluding hydrogens is 510 g/mol. The molecular formula is C26H31N5O8. The first-order valence-electron chi connectivity index (χ1n) is 12.1. The number of nitrogens with zero attached hydrogens (tertiary/aromatic N) is 4. The average Bonchev–Trinajstić information content (AvgIpc) is 3.59. The molecule has 0 aliphatic heterocycles. The Labute approximate surface area is 223 Å². The number of hydrogen-bond acceptors (Lipinski definition) is 8. The maximum absolute atomic E-state index is 10.3. The monoisotopic (exact) mass is 541 g/mol. The molecule has 0 saturated heterocycles. The van der Waals surface area contributed by atoms with Crippen LogP contribution in [0.3, 0.4) is 0 Å². The van der Waals surface area contributed by atoms with Gasteiger partial charge in [-0.2, -0.15) is 0 Å². The van der Waals surface area contributed by atoms with Gasteiger partial charge in [-0.15, -0.1) is 0 Å². The van der Waals surface area contributed by atoms with Crippen molar-refractivity contribution < 1.29 is 39.2 Å². The Hall–Kier alpha value is -4.49. The number of nitrogens with one attached hydrogen (secondary N) is 1. The lowest BCUT2D eigenvalue weighted by molar-refractivity contribution is -0.170. The van der Waals surface area contributed by atoms with Crippen molar-refractivity contribution >= 4 is 28.9 Å². The normalized spacial score (nSPS) is 11.4. The molecule has 0 aliphatic rings. The number of rotatable bonds is 13. The van der Waals surface area contributed by atoms with Crippen molar-refractivity contribution in [3.05, 3.63) is 72.5 Å². The molecule has 0 atom stereocenters. The Morgan fingerprint density at radius 3 is 2.33 bits per heavy atom. The molecule has 1 aromatic carbocycles. The third-order valence-corrected chi connectivity index (χ3v) is 5.72. The van der Waals surface area contributed by atoms with E-state index in [2.05, 4.69) is 31.6 Å². The van der Waals surface area contributed by atoms with E-state index in [4.69, 9.17) is 29.8 Å². The average molecular weight is 542 g/mol. The lowest BCUT2D eigenvalue weighted by atomic mass is 9.96. The Bertz CT molecular complexity index is 1330. The molecule has 4 rings (SSSR count). The number of aliphatic carboxylic acids is 3. The molecule has 0 saturated carbocycles. The van der Waals surface area contributed by atoms with Gasteiger partial charge in [0.05, 0.1) is 43.3 Å². The van der Waals surface area contributed by atoms with Crippen molar-refractivity contribution in [2.45, 2.75) is 51.4 Å². The number of aromatic amines is 1. The Morgan fingerprint density at radius 2 is 1.77 bits per heavy atom. The first-order chi connectivity index (χ1) is 18.5. The topological polar surface area (TPSA) is 195 Å². The molecule has 4 aromatic rings. The maximum atomic E-state index is 10.3. The number of aryl methyl sites for hydroxylation is 2. The predicted molar refractivity (Wildman–Crippen MR) is 138 cm³/mol. The number of furan rings is 1. The van der Waals surface area contributed by atoms with Crippen LogP contribution in [0, 0.1) is 6.92 Å². The van der Waals surface area contributed by atoms with E-state index in [0.717, 1.165) is 61.0 Å². The van der Waals surface area contributed by atoms with Gasteiger partial charge in [-0.25, -0.2) is 14.8 Å². The summed E-state index contributed by atoms with van der Waals surface area (Å²) in [7, 11) is 0. The van der Waals surface area contributed by atoms with Gasteiger partial charge in [0.25, 0.3) is 0 Å². The zero-order valence-electron chi connectivity index (χ0n) is 21.4. The van der Waals surface area contributed by atoms with Crippen LogP contribution in [0.15, 0.2) is 59.5 Å². The SMILES string of the molecule is Cc1ccc(CN(CCCn2ccnc2)Cc2nc3ccccc3[nH]2)o1.O=C(O)CC(O)(CC(=O)O)C(=O)O. The molecule has 13 heteroatoms. The summed E-state index contributed by atoms with van der Waals surface area (Å²) in [5, 5.41) is 33.8. The van der Waals surface area contributed by atoms with Gasteiger partial charge in [-0.3, -0.25) is 14.5 Å². The number of carboxylic acids is 3. The zero-order valence-corrected chi connectivity index (χ0v) is 21.4. The second-order valence-corrected chi connectivity index (χ2v) is 9.06. The number of H-pyrrole nitrogens is 1. The number of hydrogen-bond donors (Lipinski definition) is 5. The molecule has 0 spiro atoms. The fraction of sp³-hybridized carbons (Fsp3) is 0.346. The fourth-order valence-corrected chi connectivity index (χ4v) is 3.91. The van der Waals surface area contributed by atoms with E-state index in [1.807, 2.05) is 49.9 Å². The van der Waals surface area contributed by atoms with Gasteiger partial charge in [0.1, 0.15) is 17.3 Å². The van der Waals surface area contributed by atoms with Crippen LogP contribution >= 0.6 is 0 Å². The molecule has 3 heterocycles. The molecule has 3 aromatic heterocycles. The summed E-state index contributed by atoms with van der Waals surface area (Å²) in [5.41, 5.74) is -0.651. The predicted octanol–water partition coefficient (Wildman–Crippen LogP) is 2.50. The Balaban J connectivity index is 0.000000276. The molecule has 0 unspecified atom stereocenters. The number of imidazole rings is 2. The van der Waals surface area contributed by atoms with Crippen LogP contribution < -0.4 is 0 Å². The smallest absolute Gasteiger partial charge is 0.336 e. The molecule has 39 heavy (non-hydrogen) atoms. The van der Waals surface area contributed by atoms with Gasteiger partial charge in [0.2, 0.25) is 0 Å². The fourth-order valence-electron chi connectivity index (χ4n) is 3.91. The van der Waals surface area contributed by atoms with Crippen molar-refractivity contribution in [3.8, 4) is 0 Å². The number of benzene rings is 1. The number of aromatic nitrogens is 4. The van der Waals surface area contributed by atoms with Crippen LogP contribution in [0.4, 0.5) is 0 Å². The highest BCUT2D eigenvalue weighted by molar-refractivity contribution is 5.88. The highest BCUT2D eigenvalue weighted by Gasteiger charge is 2.40. The summed E-state index contributed by atoms with van der Waals surface area (Å²) in [6.45, 7) is 5.42. The Kier molecular flexibility index (Phi) is 9.95.